The van der Waals surface area contributed by atoms with E-state index in [0.29, 0.717) is 6.41 Å². The van der Waals surface area contributed by atoms with Crippen LogP contribution < -0.4 is 5.32 Å². The predicted molar refractivity (Wildman–Crippen MR) is 47.9 cm³/mol. The monoisotopic (exact) mass is 164 g/mol. The summed E-state index contributed by atoms with van der Waals surface area (Å²) in [6.07, 6.45) is 4.40. The van der Waals surface area contributed by atoms with Crippen molar-refractivity contribution in [1.29, 1.82) is 0 Å². The Kier molecular flexibility index (Phi) is 3.26. The highest BCUT2D eigenvalue weighted by molar-refractivity contribution is 5.70. The van der Waals surface area contributed by atoms with E-state index in [1.165, 1.54) is 0 Å². The molecule has 0 spiro atoms. The SMILES string of the molecule is CCCc1cc(NC=O)ccn1. The lowest BCUT2D eigenvalue weighted by Crippen LogP contribution is -1.96. The zero-order valence-corrected chi connectivity index (χ0v) is 7.08. The van der Waals surface area contributed by atoms with Crippen molar-refractivity contribution < 1.29 is 4.79 Å². The van der Waals surface area contributed by atoms with Gasteiger partial charge in [-0.05, 0) is 18.6 Å². The first kappa shape index (κ1) is 8.71. The van der Waals surface area contributed by atoms with Gasteiger partial charge in [0.05, 0.1) is 0 Å². The summed E-state index contributed by atoms with van der Waals surface area (Å²) in [7, 11) is 0. The Morgan fingerprint density at radius 1 is 1.67 bits per heavy atom. The van der Waals surface area contributed by atoms with E-state index >= 15 is 0 Å². The Morgan fingerprint density at radius 2 is 2.50 bits per heavy atom. The maximum absolute atomic E-state index is 10.1. The molecule has 1 aromatic heterocycles. The molecule has 0 aliphatic rings. The van der Waals surface area contributed by atoms with Crippen molar-refractivity contribution in [1.82, 2.24) is 4.98 Å². The number of aryl methyl sites for hydroxylation is 1. The maximum atomic E-state index is 10.1. The maximum Gasteiger partial charge on any atom is 0.211 e. The first-order valence-corrected chi connectivity index (χ1v) is 4.02. The van der Waals surface area contributed by atoms with Gasteiger partial charge in [-0.1, -0.05) is 13.3 Å². The Bertz CT molecular complexity index is 260. The predicted octanol–water partition coefficient (Wildman–Crippen LogP) is 1.60. The summed E-state index contributed by atoms with van der Waals surface area (Å²) in [6, 6.07) is 3.66. The molecule has 3 heteroatoms. The minimum atomic E-state index is 0.672. The standard InChI is InChI=1S/C9H12N2O/c1-2-3-8-6-9(11-7-12)4-5-10-8/h4-7H,2-3H2,1H3,(H,10,11,12). The van der Waals surface area contributed by atoms with Crippen LogP contribution in [0.5, 0.6) is 0 Å². The number of carbonyl (C=O) groups excluding carboxylic acids is 1. The summed E-state index contributed by atoms with van der Waals surface area (Å²) in [5.41, 5.74) is 1.83. The van der Waals surface area contributed by atoms with Crippen molar-refractivity contribution >= 4 is 12.1 Å². The van der Waals surface area contributed by atoms with Crippen LogP contribution in [-0.4, -0.2) is 11.4 Å². The highest BCUT2D eigenvalue weighted by Gasteiger charge is 1.94. The lowest BCUT2D eigenvalue weighted by molar-refractivity contribution is -0.105. The number of nitrogens with one attached hydrogen (secondary N) is 1. The highest BCUT2D eigenvalue weighted by Crippen LogP contribution is 2.07. The van der Waals surface area contributed by atoms with Crippen LogP contribution in [0.25, 0.3) is 0 Å². The van der Waals surface area contributed by atoms with Crippen LogP contribution >= 0.6 is 0 Å². The summed E-state index contributed by atoms with van der Waals surface area (Å²) in [4.78, 5) is 14.3. The van der Waals surface area contributed by atoms with Gasteiger partial charge in [0.2, 0.25) is 6.41 Å². The van der Waals surface area contributed by atoms with Crippen molar-refractivity contribution in [2.24, 2.45) is 0 Å². The summed E-state index contributed by atoms with van der Waals surface area (Å²) in [6.45, 7) is 2.10. The first-order chi connectivity index (χ1) is 5.86. The molecule has 64 valence electrons. The Labute approximate surface area is 71.8 Å². The third-order valence-corrected chi connectivity index (χ3v) is 1.55. The fourth-order valence-electron chi connectivity index (χ4n) is 1.03. The van der Waals surface area contributed by atoms with Crippen LogP contribution in [0.3, 0.4) is 0 Å². The van der Waals surface area contributed by atoms with E-state index in [-0.39, 0.29) is 0 Å². The smallest absolute Gasteiger partial charge is 0.211 e. The molecule has 0 unspecified atom stereocenters. The molecule has 3 nitrogen and oxygen atoms in total. The van der Waals surface area contributed by atoms with Crippen LogP contribution in [0.2, 0.25) is 0 Å². The summed E-state index contributed by atoms with van der Waals surface area (Å²) >= 11 is 0. The van der Waals surface area contributed by atoms with Crippen molar-refractivity contribution in [2.75, 3.05) is 5.32 Å². The Balaban J connectivity index is 2.73. The van der Waals surface area contributed by atoms with Crippen molar-refractivity contribution in [2.45, 2.75) is 19.8 Å². The van der Waals surface area contributed by atoms with E-state index in [2.05, 4.69) is 17.2 Å². The minimum absolute atomic E-state index is 0.672. The molecule has 1 amide bonds. The van der Waals surface area contributed by atoms with E-state index in [1.54, 1.807) is 12.3 Å². The number of anilines is 1. The van der Waals surface area contributed by atoms with Gasteiger partial charge in [0, 0.05) is 17.6 Å². The molecule has 1 N–H and O–H groups in total. The Hall–Kier alpha value is -1.38. The normalized spacial score (nSPS) is 9.42. The highest BCUT2D eigenvalue weighted by atomic mass is 16.1. The molecule has 0 aromatic carbocycles. The van der Waals surface area contributed by atoms with E-state index in [0.717, 1.165) is 24.2 Å². The van der Waals surface area contributed by atoms with Gasteiger partial charge in [-0.2, -0.15) is 0 Å². The average molecular weight is 164 g/mol. The number of hydrogen-bond donors (Lipinski definition) is 1. The van der Waals surface area contributed by atoms with Crippen LogP contribution in [0.15, 0.2) is 18.3 Å². The second-order valence-electron chi connectivity index (χ2n) is 2.55. The lowest BCUT2D eigenvalue weighted by atomic mass is 10.2. The van der Waals surface area contributed by atoms with Crippen LogP contribution in [0.1, 0.15) is 19.0 Å². The molecule has 0 fully saturated rings. The fraction of sp³-hybridized carbons (Fsp3) is 0.333. The minimum Gasteiger partial charge on any atom is -0.329 e. The number of nitrogens with zero attached hydrogens (tertiary/aromatic N) is 1. The number of carbonyl (C=O) groups is 1. The van der Waals surface area contributed by atoms with Gasteiger partial charge in [0.25, 0.3) is 0 Å². The van der Waals surface area contributed by atoms with Crippen LogP contribution in [-0.2, 0) is 11.2 Å². The summed E-state index contributed by atoms with van der Waals surface area (Å²) in [5, 5.41) is 2.59. The molecule has 0 radical (unpaired) electrons. The van der Waals surface area contributed by atoms with Gasteiger partial charge in [0.1, 0.15) is 0 Å². The summed E-state index contributed by atoms with van der Waals surface area (Å²) in [5.74, 6) is 0. The zero-order chi connectivity index (χ0) is 8.81. The molecule has 0 atom stereocenters. The number of pyridine rings is 1. The molecule has 0 aliphatic heterocycles. The molecule has 0 bridgehead atoms. The fourth-order valence-corrected chi connectivity index (χ4v) is 1.03. The second-order valence-corrected chi connectivity index (χ2v) is 2.55. The lowest BCUT2D eigenvalue weighted by Gasteiger charge is -2.00. The van der Waals surface area contributed by atoms with Gasteiger partial charge in [-0.3, -0.25) is 9.78 Å². The molecule has 0 saturated carbocycles. The number of amides is 1. The zero-order valence-electron chi connectivity index (χ0n) is 7.08. The van der Waals surface area contributed by atoms with Crippen LogP contribution in [0, 0.1) is 0 Å². The van der Waals surface area contributed by atoms with E-state index < -0.39 is 0 Å². The van der Waals surface area contributed by atoms with Crippen LogP contribution in [0.4, 0.5) is 5.69 Å². The largest absolute Gasteiger partial charge is 0.329 e. The molecular formula is C9H12N2O. The number of hydrogen-bond acceptors (Lipinski definition) is 2. The average Bonchev–Trinajstić information content (AvgIpc) is 2.06. The third kappa shape index (κ3) is 2.34. The second kappa shape index (κ2) is 4.49. The van der Waals surface area contributed by atoms with Gasteiger partial charge in [-0.25, -0.2) is 0 Å². The van der Waals surface area contributed by atoms with E-state index in [4.69, 9.17) is 0 Å². The molecule has 1 rings (SSSR count). The van der Waals surface area contributed by atoms with Crippen molar-refractivity contribution in [3.63, 3.8) is 0 Å². The third-order valence-electron chi connectivity index (χ3n) is 1.55. The number of rotatable bonds is 4. The topological polar surface area (TPSA) is 42.0 Å². The first-order valence-electron chi connectivity index (χ1n) is 4.02. The Morgan fingerprint density at radius 3 is 3.17 bits per heavy atom. The van der Waals surface area contributed by atoms with Gasteiger partial charge >= 0.3 is 0 Å². The molecule has 1 aromatic rings. The molecule has 12 heavy (non-hydrogen) atoms. The van der Waals surface area contributed by atoms with Gasteiger partial charge < -0.3 is 5.32 Å². The molecular weight excluding hydrogens is 152 g/mol. The van der Waals surface area contributed by atoms with Gasteiger partial charge in [-0.15, -0.1) is 0 Å². The van der Waals surface area contributed by atoms with Crippen molar-refractivity contribution in [3.05, 3.63) is 24.0 Å². The molecule has 0 saturated heterocycles. The summed E-state index contributed by atoms with van der Waals surface area (Å²) < 4.78 is 0. The molecule has 0 aliphatic carbocycles. The van der Waals surface area contributed by atoms with E-state index in [1.807, 2.05) is 6.07 Å². The van der Waals surface area contributed by atoms with Gasteiger partial charge in [0.15, 0.2) is 0 Å². The molecule has 1 heterocycles. The van der Waals surface area contributed by atoms with Crippen molar-refractivity contribution in [3.8, 4) is 0 Å². The quantitative estimate of drug-likeness (QED) is 0.687. The number of aromatic nitrogens is 1. The van der Waals surface area contributed by atoms with E-state index in [9.17, 15) is 4.79 Å².